The molecule has 0 aliphatic carbocycles. The third kappa shape index (κ3) is 3.08. The Morgan fingerprint density at radius 1 is 1.08 bits per heavy atom. The quantitative estimate of drug-likeness (QED) is 0.224. The molecule has 0 aliphatic rings. The molecule has 0 saturated carbocycles. The fourth-order valence-electron chi connectivity index (χ4n) is 2.37. The van der Waals surface area contributed by atoms with Gasteiger partial charge in [-0.25, -0.2) is 0 Å². The van der Waals surface area contributed by atoms with Crippen molar-refractivity contribution in [1.29, 1.82) is 5.39 Å². The zero-order chi connectivity index (χ0) is 18.7. The van der Waals surface area contributed by atoms with E-state index in [4.69, 9.17) is 15.1 Å². The number of benzene rings is 3. The summed E-state index contributed by atoms with van der Waals surface area (Å²) in [5.74, 6) is -0.611. The van der Waals surface area contributed by atoms with Crippen molar-refractivity contribution in [2.45, 2.75) is 4.90 Å². The van der Waals surface area contributed by atoms with E-state index in [2.05, 4.69) is 15.0 Å². The minimum absolute atomic E-state index is 0.0142. The van der Waals surface area contributed by atoms with Crippen LogP contribution >= 0.6 is 0 Å². The second-order valence-corrected chi connectivity index (χ2v) is 6.60. The standard InChI is InChI=1S/C16H9N5O4S/c17-19-14-9-15(12-3-1-2-4-13(12)16(14)22)26(23,24)25-11-7-5-10(6-8-11)20-21-18/h1-9H. The molecule has 0 spiro atoms. The average molecular weight is 367 g/mol. The van der Waals surface area contributed by atoms with Crippen molar-refractivity contribution in [2.24, 2.45) is 5.11 Å². The van der Waals surface area contributed by atoms with Crippen LogP contribution in [0.3, 0.4) is 0 Å². The summed E-state index contributed by atoms with van der Waals surface area (Å²) >= 11 is 0. The minimum atomic E-state index is -4.33. The van der Waals surface area contributed by atoms with Crippen molar-refractivity contribution in [3.8, 4) is 11.5 Å². The van der Waals surface area contributed by atoms with Gasteiger partial charge in [-0.1, -0.05) is 29.4 Å². The third-order valence-electron chi connectivity index (χ3n) is 3.52. The van der Waals surface area contributed by atoms with Crippen molar-refractivity contribution < 1.29 is 17.7 Å². The molecule has 0 N–H and O–H groups in total. The number of nitrogens with zero attached hydrogens (tertiary/aromatic N) is 5. The van der Waals surface area contributed by atoms with Crippen molar-refractivity contribution in [1.82, 2.24) is 0 Å². The molecule has 128 valence electrons. The van der Waals surface area contributed by atoms with Crippen LogP contribution in [0.5, 0.6) is 11.5 Å². The summed E-state index contributed by atoms with van der Waals surface area (Å²) in [6, 6.07) is 12.4. The summed E-state index contributed by atoms with van der Waals surface area (Å²) < 4.78 is 30.4. The molecular formula is C16H9N5O4S. The Balaban J connectivity index is 2.11. The number of azide groups is 1. The van der Waals surface area contributed by atoms with E-state index in [9.17, 15) is 13.5 Å². The highest BCUT2D eigenvalue weighted by atomic mass is 32.2. The molecule has 3 rings (SSSR count). The lowest BCUT2D eigenvalue weighted by Crippen LogP contribution is -2.11. The molecule has 0 unspecified atom stereocenters. The Morgan fingerprint density at radius 2 is 1.73 bits per heavy atom. The Hall–Kier alpha value is -3.80. The zero-order valence-electron chi connectivity index (χ0n) is 13.0. The van der Waals surface area contributed by atoms with Gasteiger partial charge in [0.2, 0.25) is 5.39 Å². The highest BCUT2D eigenvalue weighted by Crippen LogP contribution is 2.38. The maximum absolute atomic E-state index is 12.7. The maximum Gasteiger partial charge on any atom is 0.379 e. The number of hydrogen-bond acceptors (Lipinski definition) is 6. The zero-order valence-corrected chi connectivity index (χ0v) is 13.8. The van der Waals surface area contributed by atoms with Gasteiger partial charge in [0.1, 0.15) is 10.6 Å². The molecule has 0 aromatic heterocycles. The Kier molecular flexibility index (Phi) is 4.33. The number of diazo groups is 1. The second-order valence-electron chi connectivity index (χ2n) is 5.09. The van der Waals surface area contributed by atoms with Gasteiger partial charge in [0.15, 0.2) is 4.98 Å². The van der Waals surface area contributed by atoms with Gasteiger partial charge < -0.3 is 9.29 Å². The molecule has 0 saturated heterocycles. The first-order valence-electron chi connectivity index (χ1n) is 7.14. The lowest BCUT2D eigenvalue weighted by atomic mass is 10.1. The summed E-state index contributed by atoms with van der Waals surface area (Å²) in [4.78, 5) is 5.17. The molecule has 0 amide bonds. The van der Waals surface area contributed by atoms with Gasteiger partial charge in [-0.05, 0) is 40.9 Å². The molecule has 0 aliphatic heterocycles. The molecule has 3 aromatic carbocycles. The second kappa shape index (κ2) is 6.60. The number of rotatable bonds is 4. The van der Waals surface area contributed by atoms with E-state index < -0.39 is 21.6 Å². The first-order valence-corrected chi connectivity index (χ1v) is 8.54. The number of hydrogen-bond donors (Lipinski definition) is 0. The van der Waals surface area contributed by atoms with Crippen LogP contribution in [0.2, 0.25) is 0 Å². The van der Waals surface area contributed by atoms with Crippen LogP contribution in [0, 0.1) is 5.39 Å². The third-order valence-corrected chi connectivity index (χ3v) is 4.81. The molecule has 9 nitrogen and oxygen atoms in total. The molecule has 26 heavy (non-hydrogen) atoms. The molecule has 0 radical (unpaired) electrons. The van der Waals surface area contributed by atoms with Crippen LogP contribution < -0.4 is 9.29 Å². The van der Waals surface area contributed by atoms with Crippen molar-refractivity contribution in [2.75, 3.05) is 0 Å². The predicted molar refractivity (Wildman–Crippen MR) is 91.2 cm³/mol. The number of fused-ring (bicyclic) bond motifs is 1. The molecule has 0 bridgehead atoms. The summed E-state index contributed by atoms with van der Waals surface area (Å²) in [5, 5.41) is 24.8. The topological polar surface area (TPSA) is 143 Å². The van der Waals surface area contributed by atoms with E-state index in [1.165, 1.54) is 36.4 Å². The van der Waals surface area contributed by atoms with E-state index >= 15 is 0 Å². The monoisotopic (exact) mass is 367 g/mol. The van der Waals surface area contributed by atoms with E-state index in [-0.39, 0.29) is 21.4 Å². The van der Waals surface area contributed by atoms with Gasteiger partial charge in [-0.3, -0.25) is 0 Å². The van der Waals surface area contributed by atoms with E-state index in [1.807, 2.05) is 0 Å². The molecule has 10 heteroatoms. The van der Waals surface area contributed by atoms with Gasteiger partial charge in [-0.2, -0.15) is 8.42 Å². The molecule has 0 atom stereocenters. The van der Waals surface area contributed by atoms with E-state index in [1.54, 1.807) is 12.1 Å². The van der Waals surface area contributed by atoms with Crippen molar-refractivity contribution in [3.63, 3.8) is 0 Å². The smallest absolute Gasteiger partial charge is 0.379 e. The fourth-order valence-corrected chi connectivity index (χ4v) is 3.53. The molecule has 0 heterocycles. The average Bonchev–Trinajstić information content (AvgIpc) is 2.64. The summed E-state index contributed by atoms with van der Waals surface area (Å²) in [5.41, 5.74) is 8.25. The lowest BCUT2D eigenvalue weighted by Gasteiger charge is -2.12. The van der Waals surface area contributed by atoms with Gasteiger partial charge in [0.25, 0.3) is 0 Å². The van der Waals surface area contributed by atoms with Crippen molar-refractivity contribution in [3.05, 3.63) is 70.0 Å². The van der Waals surface area contributed by atoms with E-state index in [0.29, 0.717) is 5.69 Å². The van der Waals surface area contributed by atoms with Gasteiger partial charge in [-0.15, -0.1) is 0 Å². The van der Waals surface area contributed by atoms with Crippen molar-refractivity contribution >= 4 is 32.3 Å². The predicted octanol–water partition coefficient (Wildman–Crippen LogP) is 4.11. The molecule has 0 fully saturated rings. The van der Waals surface area contributed by atoms with Gasteiger partial charge >= 0.3 is 15.8 Å². The van der Waals surface area contributed by atoms with Gasteiger partial charge in [0, 0.05) is 16.0 Å². The molecular weight excluding hydrogens is 358 g/mol. The minimum Gasteiger partial charge on any atom is -0.867 e. The van der Waals surface area contributed by atoms with Crippen LogP contribution in [0.1, 0.15) is 0 Å². The van der Waals surface area contributed by atoms with Crippen LogP contribution in [0.15, 0.2) is 64.6 Å². The highest BCUT2D eigenvalue weighted by Gasteiger charge is 2.25. The first-order chi connectivity index (χ1) is 12.5. The highest BCUT2D eigenvalue weighted by molar-refractivity contribution is 7.87. The Bertz CT molecular complexity index is 1190. The lowest BCUT2D eigenvalue weighted by molar-refractivity contribution is -0.264. The molecule has 3 aromatic rings. The summed E-state index contributed by atoms with van der Waals surface area (Å²) in [7, 11) is -4.33. The van der Waals surface area contributed by atoms with Gasteiger partial charge in [0.05, 0.1) is 6.07 Å². The van der Waals surface area contributed by atoms with Crippen LogP contribution in [0.4, 0.5) is 11.4 Å². The summed E-state index contributed by atoms with van der Waals surface area (Å²) in [6.45, 7) is 0. The normalized spacial score (nSPS) is 10.7. The fraction of sp³-hybridized carbons (Fsp3) is 0. The SMILES string of the molecule is N#[N+]c1cc(S(=O)(=O)Oc2ccc(N=[N+]=[N-])cc2)c2ccccc2c1[O-]. The van der Waals surface area contributed by atoms with Crippen LogP contribution in [-0.4, -0.2) is 8.42 Å². The van der Waals surface area contributed by atoms with E-state index in [0.717, 1.165) is 6.07 Å². The van der Waals surface area contributed by atoms with Crippen LogP contribution in [-0.2, 0) is 10.1 Å². The summed E-state index contributed by atoms with van der Waals surface area (Å²) in [6.07, 6.45) is 0. The Morgan fingerprint density at radius 3 is 2.35 bits per heavy atom. The largest absolute Gasteiger partial charge is 0.867 e. The Labute approximate surface area is 147 Å². The van der Waals surface area contributed by atoms with Crippen LogP contribution in [0.25, 0.3) is 26.2 Å². The maximum atomic E-state index is 12.7. The first kappa shape index (κ1) is 17.0.